The van der Waals surface area contributed by atoms with Gasteiger partial charge in [0.25, 0.3) is 5.91 Å². The molecule has 1 N–H and O–H groups in total. The van der Waals surface area contributed by atoms with Gasteiger partial charge in [-0.2, -0.15) is 0 Å². The van der Waals surface area contributed by atoms with E-state index in [1.807, 2.05) is 18.2 Å². The maximum absolute atomic E-state index is 12.4. The van der Waals surface area contributed by atoms with E-state index in [0.29, 0.717) is 13.0 Å². The Morgan fingerprint density at radius 1 is 1.33 bits per heavy atom. The van der Waals surface area contributed by atoms with E-state index >= 15 is 0 Å². The number of hydrogen-bond donors (Lipinski definition) is 1. The van der Waals surface area contributed by atoms with E-state index in [0.717, 1.165) is 28.8 Å². The molecule has 0 aromatic carbocycles. The molecule has 0 spiro atoms. The fourth-order valence-electron chi connectivity index (χ4n) is 2.91. The standard InChI is InChI=1S/C18H21N3O2S/c1-21(2)18(23)16-10-14-9-13(3-4-15(14)24-16)17(22)20-11-12-5-7-19-8-6-12/h5-8,10,13H,3-4,9,11H2,1-2H3,(H,20,22). The topological polar surface area (TPSA) is 62.3 Å². The highest BCUT2D eigenvalue weighted by Gasteiger charge is 2.27. The second-order valence-corrected chi connectivity index (χ2v) is 7.41. The summed E-state index contributed by atoms with van der Waals surface area (Å²) in [6.07, 6.45) is 5.88. The molecular weight excluding hydrogens is 322 g/mol. The largest absolute Gasteiger partial charge is 0.352 e. The maximum atomic E-state index is 12.4. The van der Waals surface area contributed by atoms with Crippen molar-refractivity contribution < 1.29 is 9.59 Å². The summed E-state index contributed by atoms with van der Waals surface area (Å²) in [5.74, 6) is 0.105. The third-order valence-electron chi connectivity index (χ3n) is 4.29. The van der Waals surface area contributed by atoms with E-state index in [1.165, 1.54) is 4.88 Å². The number of carbonyl (C=O) groups is 2. The fourth-order valence-corrected chi connectivity index (χ4v) is 4.14. The molecule has 2 heterocycles. The molecule has 3 rings (SSSR count). The summed E-state index contributed by atoms with van der Waals surface area (Å²) in [6, 6.07) is 5.76. The quantitative estimate of drug-likeness (QED) is 0.926. The molecule has 0 bridgehead atoms. The Hall–Kier alpha value is -2.21. The van der Waals surface area contributed by atoms with Crippen LogP contribution in [0.1, 0.15) is 32.1 Å². The first kappa shape index (κ1) is 16.6. The van der Waals surface area contributed by atoms with Crippen LogP contribution in [0.4, 0.5) is 0 Å². The number of amides is 2. The fraction of sp³-hybridized carbons (Fsp3) is 0.389. The summed E-state index contributed by atoms with van der Waals surface area (Å²) in [6.45, 7) is 0.527. The molecular formula is C18H21N3O2S. The zero-order valence-electron chi connectivity index (χ0n) is 13.9. The van der Waals surface area contributed by atoms with Crippen molar-refractivity contribution in [2.75, 3.05) is 14.1 Å². The predicted molar refractivity (Wildman–Crippen MR) is 93.9 cm³/mol. The van der Waals surface area contributed by atoms with Crippen LogP contribution >= 0.6 is 11.3 Å². The van der Waals surface area contributed by atoms with Gasteiger partial charge in [0.2, 0.25) is 5.91 Å². The summed E-state index contributed by atoms with van der Waals surface area (Å²) >= 11 is 1.57. The minimum atomic E-state index is -0.0174. The molecule has 126 valence electrons. The summed E-state index contributed by atoms with van der Waals surface area (Å²) in [5.41, 5.74) is 2.20. The zero-order valence-corrected chi connectivity index (χ0v) is 14.7. The molecule has 2 amide bonds. The van der Waals surface area contributed by atoms with Crippen LogP contribution in [0.25, 0.3) is 0 Å². The van der Waals surface area contributed by atoms with Crippen molar-refractivity contribution in [2.24, 2.45) is 5.92 Å². The van der Waals surface area contributed by atoms with Crippen molar-refractivity contribution >= 4 is 23.2 Å². The predicted octanol–water partition coefficient (Wildman–Crippen LogP) is 2.27. The van der Waals surface area contributed by atoms with Gasteiger partial charge >= 0.3 is 0 Å². The minimum absolute atomic E-state index is 0.0174. The molecule has 6 heteroatoms. The van der Waals surface area contributed by atoms with E-state index in [2.05, 4.69) is 10.3 Å². The number of nitrogens with one attached hydrogen (secondary N) is 1. The average molecular weight is 343 g/mol. The molecule has 2 aromatic heterocycles. The van der Waals surface area contributed by atoms with E-state index < -0.39 is 0 Å². The van der Waals surface area contributed by atoms with Crippen molar-refractivity contribution in [3.8, 4) is 0 Å². The van der Waals surface area contributed by atoms with Gasteiger partial charge in [0.1, 0.15) is 0 Å². The highest BCUT2D eigenvalue weighted by molar-refractivity contribution is 7.14. The number of carbonyl (C=O) groups excluding carboxylic acids is 2. The van der Waals surface area contributed by atoms with E-state index in [4.69, 9.17) is 0 Å². The van der Waals surface area contributed by atoms with Crippen molar-refractivity contribution in [1.29, 1.82) is 0 Å². The van der Waals surface area contributed by atoms with Gasteiger partial charge in [-0.3, -0.25) is 14.6 Å². The third-order valence-corrected chi connectivity index (χ3v) is 5.51. The van der Waals surface area contributed by atoms with Gasteiger partial charge in [-0.05, 0) is 48.6 Å². The lowest BCUT2D eigenvalue weighted by Crippen LogP contribution is -2.33. The van der Waals surface area contributed by atoms with Gasteiger partial charge in [0, 0.05) is 43.8 Å². The number of aromatic nitrogens is 1. The summed E-state index contributed by atoms with van der Waals surface area (Å²) < 4.78 is 0. The van der Waals surface area contributed by atoms with Gasteiger partial charge in [0.05, 0.1) is 4.88 Å². The second kappa shape index (κ2) is 7.13. The molecule has 1 aliphatic carbocycles. The van der Waals surface area contributed by atoms with E-state index in [-0.39, 0.29) is 17.7 Å². The zero-order chi connectivity index (χ0) is 17.1. The lowest BCUT2D eigenvalue weighted by molar-refractivity contribution is -0.125. The molecule has 24 heavy (non-hydrogen) atoms. The maximum Gasteiger partial charge on any atom is 0.263 e. The Kier molecular flexibility index (Phi) is 4.94. The highest BCUT2D eigenvalue weighted by atomic mass is 32.1. The molecule has 1 unspecified atom stereocenters. The van der Waals surface area contributed by atoms with Gasteiger partial charge in [-0.25, -0.2) is 0 Å². The normalized spacial score (nSPS) is 16.3. The van der Waals surface area contributed by atoms with Crippen LogP contribution in [-0.2, 0) is 24.2 Å². The van der Waals surface area contributed by atoms with Crippen LogP contribution < -0.4 is 5.32 Å². The van der Waals surface area contributed by atoms with E-state index in [1.54, 1.807) is 42.7 Å². The van der Waals surface area contributed by atoms with Gasteiger partial charge in [-0.1, -0.05) is 0 Å². The van der Waals surface area contributed by atoms with Crippen molar-refractivity contribution in [3.05, 3.63) is 51.5 Å². The number of aryl methyl sites for hydroxylation is 1. The number of rotatable bonds is 4. The molecule has 1 aliphatic rings. The summed E-state index contributed by atoms with van der Waals surface area (Å²) in [4.78, 5) is 32.1. The molecule has 0 aliphatic heterocycles. The van der Waals surface area contributed by atoms with Gasteiger partial charge < -0.3 is 10.2 Å². The molecule has 1 atom stereocenters. The monoisotopic (exact) mass is 343 g/mol. The first-order valence-corrected chi connectivity index (χ1v) is 8.86. The Morgan fingerprint density at radius 2 is 2.08 bits per heavy atom. The second-order valence-electron chi connectivity index (χ2n) is 6.27. The van der Waals surface area contributed by atoms with Crippen LogP contribution in [0.5, 0.6) is 0 Å². The van der Waals surface area contributed by atoms with Crippen LogP contribution in [0.3, 0.4) is 0 Å². The number of fused-ring (bicyclic) bond motifs is 1. The Labute approximate surface area is 145 Å². The molecule has 0 radical (unpaired) electrons. The van der Waals surface area contributed by atoms with Crippen molar-refractivity contribution in [1.82, 2.24) is 15.2 Å². The number of pyridine rings is 1. The molecule has 2 aromatic rings. The summed E-state index contributed by atoms with van der Waals surface area (Å²) in [5, 5.41) is 3.01. The van der Waals surface area contributed by atoms with Crippen LogP contribution in [0, 0.1) is 5.92 Å². The number of hydrogen-bond acceptors (Lipinski definition) is 4. The number of thiophene rings is 1. The van der Waals surface area contributed by atoms with E-state index in [9.17, 15) is 9.59 Å². The van der Waals surface area contributed by atoms with Crippen LogP contribution in [0.15, 0.2) is 30.6 Å². The summed E-state index contributed by atoms with van der Waals surface area (Å²) in [7, 11) is 3.52. The molecule has 0 saturated carbocycles. The molecule has 0 saturated heterocycles. The number of nitrogens with zero attached hydrogens (tertiary/aromatic N) is 2. The average Bonchev–Trinajstić information content (AvgIpc) is 3.02. The lowest BCUT2D eigenvalue weighted by atomic mass is 9.87. The lowest BCUT2D eigenvalue weighted by Gasteiger charge is -2.21. The van der Waals surface area contributed by atoms with Crippen LogP contribution in [-0.4, -0.2) is 35.8 Å². The third kappa shape index (κ3) is 3.64. The van der Waals surface area contributed by atoms with Crippen LogP contribution in [0.2, 0.25) is 0 Å². The first-order chi connectivity index (χ1) is 11.5. The Morgan fingerprint density at radius 3 is 2.79 bits per heavy atom. The SMILES string of the molecule is CN(C)C(=O)c1cc2c(s1)CCC(C(=O)NCc1ccncc1)C2. The Balaban J connectivity index is 1.62. The minimum Gasteiger partial charge on any atom is -0.352 e. The molecule has 5 nitrogen and oxygen atoms in total. The van der Waals surface area contributed by atoms with Gasteiger partial charge in [-0.15, -0.1) is 11.3 Å². The van der Waals surface area contributed by atoms with Crippen molar-refractivity contribution in [3.63, 3.8) is 0 Å². The smallest absolute Gasteiger partial charge is 0.263 e. The highest BCUT2D eigenvalue weighted by Crippen LogP contribution is 2.33. The Bertz CT molecular complexity index is 740. The molecule has 0 fully saturated rings. The van der Waals surface area contributed by atoms with Crippen molar-refractivity contribution in [2.45, 2.75) is 25.8 Å². The first-order valence-electron chi connectivity index (χ1n) is 8.04. The van der Waals surface area contributed by atoms with Gasteiger partial charge in [0.15, 0.2) is 0 Å².